The third kappa shape index (κ3) is 1.45. The number of benzene rings is 1. The summed E-state index contributed by atoms with van der Waals surface area (Å²) in [6, 6.07) is 3.89. The van der Waals surface area contributed by atoms with E-state index in [1.807, 2.05) is 19.1 Å². The third-order valence-electron chi connectivity index (χ3n) is 2.43. The minimum atomic E-state index is 0.299. The SMILES string of the molecule is Cc1c(CCC=O)ccc2c1OCO2. The summed E-state index contributed by atoms with van der Waals surface area (Å²) in [6.45, 7) is 2.29. The van der Waals surface area contributed by atoms with Gasteiger partial charge in [-0.3, -0.25) is 0 Å². The van der Waals surface area contributed by atoms with Gasteiger partial charge in [-0.25, -0.2) is 0 Å². The number of hydrogen-bond acceptors (Lipinski definition) is 3. The van der Waals surface area contributed by atoms with E-state index in [-0.39, 0.29) is 0 Å². The van der Waals surface area contributed by atoms with E-state index < -0.39 is 0 Å². The zero-order valence-corrected chi connectivity index (χ0v) is 8.08. The molecule has 0 amide bonds. The summed E-state index contributed by atoms with van der Waals surface area (Å²) >= 11 is 0. The highest BCUT2D eigenvalue weighted by Gasteiger charge is 2.17. The van der Waals surface area contributed by atoms with Gasteiger partial charge in [0.05, 0.1) is 0 Å². The quantitative estimate of drug-likeness (QED) is 0.685. The maximum atomic E-state index is 10.3. The van der Waals surface area contributed by atoms with Gasteiger partial charge in [0.2, 0.25) is 6.79 Å². The molecule has 1 heterocycles. The van der Waals surface area contributed by atoms with Gasteiger partial charge in [-0.05, 0) is 30.5 Å². The molecule has 0 unspecified atom stereocenters. The Hall–Kier alpha value is -1.51. The lowest BCUT2D eigenvalue weighted by Crippen LogP contribution is -1.94. The first-order valence-corrected chi connectivity index (χ1v) is 4.64. The Balaban J connectivity index is 2.30. The van der Waals surface area contributed by atoms with Gasteiger partial charge in [0.25, 0.3) is 0 Å². The Kier molecular flexibility index (Phi) is 2.39. The molecule has 0 spiro atoms. The number of ether oxygens (including phenoxy) is 2. The van der Waals surface area contributed by atoms with E-state index in [1.54, 1.807) is 0 Å². The van der Waals surface area contributed by atoms with Crippen molar-refractivity contribution in [2.45, 2.75) is 19.8 Å². The lowest BCUT2D eigenvalue weighted by molar-refractivity contribution is -0.107. The van der Waals surface area contributed by atoms with E-state index in [0.29, 0.717) is 13.2 Å². The van der Waals surface area contributed by atoms with E-state index >= 15 is 0 Å². The molecule has 0 atom stereocenters. The Morgan fingerprint density at radius 1 is 1.43 bits per heavy atom. The van der Waals surface area contributed by atoms with Gasteiger partial charge in [0.15, 0.2) is 11.5 Å². The second kappa shape index (κ2) is 3.70. The summed E-state index contributed by atoms with van der Waals surface area (Å²) in [6.07, 6.45) is 2.26. The van der Waals surface area contributed by atoms with Gasteiger partial charge in [0.1, 0.15) is 6.29 Å². The number of carbonyl (C=O) groups is 1. The molecule has 1 aromatic rings. The van der Waals surface area contributed by atoms with Crippen LogP contribution in [0.2, 0.25) is 0 Å². The molecule has 0 aliphatic carbocycles. The van der Waals surface area contributed by atoms with Crippen molar-refractivity contribution in [3.05, 3.63) is 23.3 Å². The number of fused-ring (bicyclic) bond motifs is 1. The topological polar surface area (TPSA) is 35.5 Å². The first kappa shape index (κ1) is 9.06. The fourth-order valence-electron chi connectivity index (χ4n) is 1.64. The standard InChI is InChI=1S/C11H12O3/c1-8-9(3-2-6-12)4-5-10-11(8)14-7-13-10/h4-6H,2-3,7H2,1H3. The Labute approximate surface area is 82.6 Å². The molecule has 1 aliphatic rings. The monoisotopic (exact) mass is 192 g/mol. The number of aryl methyl sites for hydroxylation is 1. The van der Waals surface area contributed by atoms with Gasteiger partial charge in [-0.15, -0.1) is 0 Å². The van der Waals surface area contributed by atoms with Gasteiger partial charge in [-0.1, -0.05) is 6.07 Å². The highest BCUT2D eigenvalue weighted by Crippen LogP contribution is 2.37. The van der Waals surface area contributed by atoms with Gasteiger partial charge >= 0.3 is 0 Å². The van der Waals surface area contributed by atoms with Gasteiger partial charge < -0.3 is 14.3 Å². The number of rotatable bonds is 3. The highest BCUT2D eigenvalue weighted by atomic mass is 16.7. The predicted molar refractivity (Wildman–Crippen MR) is 51.7 cm³/mol. The van der Waals surface area contributed by atoms with Crippen LogP contribution in [0.15, 0.2) is 12.1 Å². The van der Waals surface area contributed by atoms with Crippen LogP contribution in [0.1, 0.15) is 17.5 Å². The van der Waals surface area contributed by atoms with Crippen LogP contribution in [0.5, 0.6) is 11.5 Å². The van der Waals surface area contributed by atoms with Gasteiger partial charge in [0, 0.05) is 6.42 Å². The summed E-state index contributed by atoms with van der Waals surface area (Å²) in [5.74, 6) is 1.63. The van der Waals surface area contributed by atoms with Crippen molar-refractivity contribution in [1.82, 2.24) is 0 Å². The van der Waals surface area contributed by atoms with E-state index in [4.69, 9.17) is 9.47 Å². The fourth-order valence-corrected chi connectivity index (χ4v) is 1.64. The van der Waals surface area contributed by atoms with E-state index in [1.165, 1.54) is 0 Å². The van der Waals surface area contributed by atoms with Crippen molar-refractivity contribution in [2.24, 2.45) is 0 Å². The summed E-state index contributed by atoms with van der Waals surface area (Å²) in [5.41, 5.74) is 2.24. The number of carbonyl (C=O) groups excluding carboxylic acids is 1. The van der Waals surface area contributed by atoms with Crippen molar-refractivity contribution >= 4 is 6.29 Å². The van der Waals surface area contributed by atoms with Crippen molar-refractivity contribution in [2.75, 3.05) is 6.79 Å². The molecular formula is C11H12O3. The minimum absolute atomic E-state index is 0.299. The maximum Gasteiger partial charge on any atom is 0.231 e. The largest absolute Gasteiger partial charge is 0.454 e. The van der Waals surface area contributed by atoms with E-state index in [2.05, 4.69) is 0 Å². The molecule has 0 saturated carbocycles. The average molecular weight is 192 g/mol. The average Bonchev–Trinajstić information content (AvgIpc) is 2.66. The molecule has 0 N–H and O–H groups in total. The molecule has 2 rings (SSSR count). The van der Waals surface area contributed by atoms with Crippen molar-refractivity contribution in [3.63, 3.8) is 0 Å². The zero-order chi connectivity index (χ0) is 9.97. The first-order valence-electron chi connectivity index (χ1n) is 4.64. The smallest absolute Gasteiger partial charge is 0.231 e. The molecular weight excluding hydrogens is 180 g/mol. The van der Waals surface area contributed by atoms with Gasteiger partial charge in [-0.2, -0.15) is 0 Å². The molecule has 0 radical (unpaired) electrons. The lowest BCUT2D eigenvalue weighted by atomic mass is 10.0. The van der Waals surface area contributed by atoms with Crippen LogP contribution in [0.3, 0.4) is 0 Å². The molecule has 3 nitrogen and oxygen atoms in total. The van der Waals surface area contributed by atoms with Crippen LogP contribution in [-0.4, -0.2) is 13.1 Å². The molecule has 1 aliphatic heterocycles. The summed E-state index contributed by atoms with van der Waals surface area (Å²) in [5, 5.41) is 0. The highest BCUT2D eigenvalue weighted by molar-refractivity contribution is 5.54. The first-order chi connectivity index (χ1) is 6.83. The zero-order valence-electron chi connectivity index (χ0n) is 8.08. The Bertz CT molecular complexity index is 358. The van der Waals surface area contributed by atoms with Crippen LogP contribution >= 0.6 is 0 Å². The minimum Gasteiger partial charge on any atom is -0.454 e. The number of aldehydes is 1. The lowest BCUT2D eigenvalue weighted by Gasteiger charge is -2.06. The summed E-state index contributed by atoms with van der Waals surface area (Å²) in [4.78, 5) is 10.3. The maximum absolute atomic E-state index is 10.3. The van der Waals surface area contributed by atoms with Crippen LogP contribution in [0.4, 0.5) is 0 Å². The molecule has 1 aromatic carbocycles. The normalized spacial score (nSPS) is 12.9. The second-order valence-corrected chi connectivity index (χ2v) is 3.29. The molecule has 0 fully saturated rings. The van der Waals surface area contributed by atoms with Crippen LogP contribution in [-0.2, 0) is 11.2 Å². The predicted octanol–water partition coefficient (Wildman–Crippen LogP) is 1.86. The van der Waals surface area contributed by atoms with Crippen molar-refractivity contribution in [1.29, 1.82) is 0 Å². The molecule has 0 bridgehead atoms. The third-order valence-corrected chi connectivity index (χ3v) is 2.43. The van der Waals surface area contributed by atoms with E-state index in [9.17, 15) is 4.79 Å². The summed E-state index contributed by atoms with van der Waals surface area (Å²) < 4.78 is 10.6. The van der Waals surface area contributed by atoms with Crippen molar-refractivity contribution < 1.29 is 14.3 Å². The summed E-state index contributed by atoms with van der Waals surface area (Å²) in [7, 11) is 0. The second-order valence-electron chi connectivity index (χ2n) is 3.29. The molecule has 0 aromatic heterocycles. The Morgan fingerprint density at radius 2 is 2.29 bits per heavy atom. The molecule has 14 heavy (non-hydrogen) atoms. The van der Waals surface area contributed by atoms with Crippen LogP contribution < -0.4 is 9.47 Å². The number of hydrogen-bond donors (Lipinski definition) is 0. The van der Waals surface area contributed by atoms with E-state index in [0.717, 1.165) is 35.3 Å². The van der Waals surface area contributed by atoms with Crippen LogP contribution in [0, 0.1) is 6.92 Å². The Morgan fingerprint density at radius 3 is 3.07 bits per heavy atom. The van der Waals surface area contributed by atoms with Crippen LogP contribution in [0.25, 0.3) is 0 Å². The molecule has 3 heteroatoms. The fraction of sp³-hybridized carbons (Fsp3) is 0.364. The van der Waals surface area contributed by atoms with Crippen molar-refractivity contribution in [3.8, 4) is 11.5 Å². The molecule has 0 saturated heterocycles. The molecule has 74 valence electrons.